The van der Waals surface area contributed by atoms with Gasteiger partial charge in [0.05, 0.1) is 37.2 Å². The molecule has 116 heavy (non-hydrogen) atoms. The third-order valence-corrected chi connectivity index (χ3v) is 23.9. The molecule has 6 aliphatic rings. The maximum Gasteiger partial charge on any atom is 0.323 e. The zero-order valence-corrected chi connectivity index (χ0v) is 70.8. The minimum atomic E-state index is -0.375. The highest BCUT2D eigenvalue weighted by Crippen LogP contribution is 2.39. The van der Waals surface area contributed by atoms with Gasteiger partial charge in [-0.1, -0.05) is 41.4 Å². The molecule has 614 valence electrons. The topological polar surface area (TPSA) is 554 Å². The van der Waals surface area contributed by atoms with Gasteiger partial charge in [-0.2, -0.15) is 57.7 Å². The Labute approximate surface area is 701 Å². The predicted octanol–water partition coefficient (Wildman–Crippen LogP) is 5.87. The molecule has 0 bridgehead atoms. The summed E-state index contributed by atoms with van der Waals surface area (Å²) in [6, 6.07) is 11.7. The number of urea groups is 1. The summed E-state index contributed by atoms with van der Waals surface area (Å²) in [5.74, 6) is 7.73. The molecule has 6 aliphatic heterocycles. The van der Waals surface area contributed by atoms with Crippen LogP contribution in [0.1, 0.15) is 66.3 Å². The van der Waals surface area contributed by atoms with Crippen LogP contribution in [0.3, 0.4) is 0 Å². The van der Waals surface area contributed by atoms with E-state index in [4.69, 9.17) is 92.0 Å². The minimum absolute atomic E-state index is 0.133. The van der Waals surface area contributed by atoms with Gasteiger partial charge in [0.1, 0.15) is 87.3 Å². The van der Waals surface area contributed by atoms with E-state index in [-0.39, 0.29) is 42.3 Å². The number of nitrogen functional groups attached to an aromatic ring is 6. The molecule has 1 aromatic carbocycles. The second-order valence-electron chi connectivity index (χ2n) is 29.7. The van der Waals surface area contributed by atoms with Gasteiger partial charge in [-0.25, -0.2) is 34.7 Å². The van der Waals surface area contributed by atoms with Crippen molar-refractivity contribution >= 4 is 192 Å². The Morgan fingerprint density at radius 2 is 0.655 bits per heavy atom. The molecule has 18 heterocycles. The van der Waals surface area contributed by atoms with Gasteiger partial charge in [0.25, 0.3) is 0 Å². The largest absolute Gasteiger partial charge is 0.383 e. The molecule has 13 aromatic rings. The first-order valence-electron chi connectivity index (χ1n) is 37.8. The van der Waals surface area contributed by atoms with Crippen molar-refractivity contribution < 1.29 is 4.79 Å². The zero-order chi connectivity index (χ0) is 82.4. The van der Waals surface area contributed by atoms with E-state index in [0.29, 0.717) is 73.6 Å². The van der Waals surface area contributed by atoms with Crippen LogP contribution >= 0.6 is 71.0 Å². The number of nitrogens with zero attached hydrogens (tertiary/aromatic N) is 24. The SMILES string of the molecule is Cc1cnn2c(N)c(Br)c(N3CC[C@@H](N)C3)nc12.Cc1cnn2c(N)c(Br)c(N3CC[C@H](N)C3)nc12.Cc1cnn2c(N)c(Br)c(N3CC[C@H](N)C3)nc12.Cc1cnn2c(N)c(Cl)c(N3CC[C@@H](N)C3)nc12.Cc1cnn2c(N)c(Cl)c(N3CC[C@H](N)C3)nc12.Nc1cc(N2CC[C@H](N)C2)nc2c(NC(=O)Nc3ccccc3)cnn12. The quantitative estimate of drug-likeness (QED) is 0.0845. The predicted molar refractivity (Wildman–Crippen MR) is 469 cm³/mol. The summed E-state index contributed by atoms with van der Waals surface area (Å²) in [6.45, 7) is 19.8. The van der Waals surface area contributed by atoms with Crippen LogP contribution in [0.25, 0.3) is 33.9 Å². The lowest BCUT2D eigenvalue weighted by atomic mass is 10.3. The Balaban J connectivity index is 0.000000115. The summed E-state index contributed by atoms with van der Waals surface area (Å²) < 4.78 is 11.9. The second-order valence-corrected chi connectivity index (χ2v) is 32.9. The minimum Gasteiger partial charge on any atom is -0.383 e. The van der Waals surface area contributed by atoms with E-state index < -0.39 is 0 Å². The van der Waals surface area contributed by atoms with Crippen molar-refractivity contribution in [1.82, 2.24) is 87.6 Å². The lowest BCUT2D eigenvalue weighted by Crippen LogP contribution is -2.27. The smallest absolute Gasteiger partial charge is 0.323 e. The van der Waals surface area contributed by atoms with E-state index in [0.717, 1.165) is 210 Å². The highest BCUT2D eigenvalue weighted by Gasteiger charge is 2.32. The van der Waals surface area contributed by atoms with E-state index in [1.165, 1.54) is 10.7 Å². The van der Waals surface area contributed by atoms with E-state index in [2.05, 4.69) is 148 Å². The molecule has 0 saturated carbocycles. The Morgan fingerprint density at radius 3 is 0.966 bits per heavy atom. The molecule has 19 rings (SSSR count). The Bertz CT molecular complexity index is 5140. The van der Waals surface area contributed by atoms with E-state index in [1.807, 2.05) is 52.8 Å². The monoisotopic (exact) mass is 1810 g/mol. The van der Waals surface area contributed by atoms with Crippen LogP contribution in [-0.2, 0) is 0 Å². The van der Waals surface area contributed by atoms with Crippen LogP contribution in [0, 0.1) is 34.6 Å². The van der Waals surface area contributed by atoms with Crippen LogP contribution in [0.2, 0.25) is 10.0 Å². The number of nitrogens with two attached hydrogens (primary N) is 12. The maximum atomic E-state index is 12.2. The van der Waals surface area contributed by atoms with Gasteiger partial charge in [-0.05, 0) is 133 Å². The average Bonchev–Trinajstić information content (AvgIpc) is 1.62. The van der Waals surface area contributed by atoms with Crippen LogP contribution in [0.4, 0.5) is 86.0 Å². The number of aromatic nitrogens is 18. The van der Waals surface area contributed by atoms with Crippen LogP contribution in [0.15, 0.2) is 87.0 Å². The fourth-order valence-corrected chi connectivity index (χ4v) is 16.4. The molecule has 26 N–H and O–H groups in total. The number of rotatable bonds is 8. The number of aryl methyl sites for hydroxylation is 5. The lowest BCUT2D eigenvalue weighted by Gasteiger charge is -2.19. The molecule has 0 spiro atoms. The van der Waals surface area contributed by atoms with E-state index >= 15 is 0 Å². The summed E-state index contributed by atoms with van der Waals surface area (Å²) in [4.78, 5) is 52.7. The van der Waals surface area contributed by atoms with E-state index in [9.17, 15) is 4.79 Å². The number of hydrogen-bond donors (Lipinski definition) is 14. The van der Waals surface area contributed by atoms with Crippen LogP contribution in [-0.4, -0.2) is 208 Å². The number of halogens is 5. The number of nitrogens with one attached hydrogen (secondary N) is 2. The molecule has 39 nitrogen and oxygen atoms in total. The molecule has 2 amide bonds. The summed E-state index contributed by atoms with van der Waals surface area (Å²) in [5.41, 5.74) is 82.5. The van der Waals surface area contributed by atoms with Gasteiger partial charge in [0.15, 0.2) is 45.5 Å². The molecule has 0 unspecified atom stereocenters. The normalized spacial score (nSPS) is 19.2. The number of carbonyl (C=O) groups excluding carboxylic acids is 1. The van der Waals surface area contributed by atoms with Gasteiger partial charge in [0, 0.05) is 154 Å². The van der Waals surface area contributed by atoms with Crippen molar-refractivity contribution in [2.24, 2.45) is 34.4 Å². The van der Waals surface area contributed by atoms with Crippen LogP contribution in [0.5, 0.6) is 0 Å². The number of carbonyl (C=O) groups is 1. The van der Waals surface area contributed by atoms with Crippen molar-refractivity contribution in [3.05, 3.63) is 125 Å². The molecule has 6 saturated heterocycles. The highest BCUT2D eigenvalue weighted by molar-refractivity contribution is 9.11. The summed E-state index contributed by atoms with van der Waals surface area (Å²) in [5, 5.41) is 31.6. The van der Waals surface area contributed by atoms with Crippen molar-refractivity contribution in [1.29, 1.82) is 0 Å². The number of hydrogen-bond acceptors (Lipinski definition) is 31. The molecule has 12 aromatic heterocycles. The Kier molecular flexibility index (Phi) is 24.4. The molecule has 6 atom stereocenters. The van der Waals surface area contributed by atoms with Gasteiger partial charge in [0.2, 0.25) is 0 Å². The van der Waals surface area contributed by atoms with Crippen LogP contribution < -0.4 is 109 Å². The number of fused-ring (bicyclic) bond motifs is 6. The summed E-state index contributed by atoms with van der Waals surface area (Å²) in [7, 11) is 0. The molecular weight excluding hydrogens is 1720 g/mol. The van der Waals surface area contributed by atoms with Gasteiger partial charge in [-0.3, -0.25) is 0 Å². The first kappa shape index (κ1) is 82.1. The molecule has 0 radical (unpaired) electrons. The zero-order valence-electron chi connectivity index (χ0n) is 64.6. The first-order valence-corrected chi connectivity index (χ1v) is 40.9. The number of para-hydroxylation sites is 1. The fraction of sp³-hybridized carbons (Fsp3) is 0.403. The molecule has 44 heteroatoms. The van der Waals surface area contributed by atoms with Gasteiger partial charge >= 0.3 is 6.03 Å². The van der Waals surface area contributed by atoms with Gasteiger partial charge in [-0.15, -0.1) is 0 Å². The number of anilines is 14. The number of benzene rings is 1. The molecule has 6 fully saturated rings. The third-order valence-electron chi connectivity index (χ3n) is 20.8. The first-order chi connectivity index (χ1) is 55.5. The molecule has 0 aliphatic carbocycles. The Morgan fingerprint density at radius 1 is 0.371 bits per heavy atom. The van der Waals surface area contributed by atoms with Crippen molar-refractivity contribution in [3.8, 4) is 0 Å². The van der Waals surface area contributed by atoms with Crippen molar-refractivity contribution in [3.63, 3.8) is 0 Å². The summed E-state index contributed by atoms with van der Waals surface area (Å²) >= 11 is 23.1. The third kappa shape index (κ3) is 17.0. The average molecular weight is 1820 g/mol. The highest BCUT2D eigenvalue weighted by atomic mass is 79.9. The standard InChI is InChI=1S/C17H20N8O.3C11H15BrN6.2C11H15ClN6/c18-11-6-7-24(10-11)15-8-14(19)25-16(23-15)13(9-20-25)22-17(26)21-12-4-2-1-3-5-12;5*1-6-4-15-18-9(14)8(12)11(16-10(6)18)17-3-2-7(13)5-17/h1-5,8-9,11H,6-7,10,18-19H2,(H2,21,22,26);5*4,7H,2-3,5,13-14H2,1H3/t11-;5*7-/m010010/s1. The van der Waals surface area contributed by atoms with Gasteiger partial charge < -0.3 is 109 Å². The Hall–Kier alpha value is -10.4. The van der Waals surface area contributed by atoms with Crippen molar-refractivity contribution in [2.75, 3.05) is 153 Å². The second kappa shape index (κ2) is 34.4. The fourth-order valence-electron chi connectivity index (χ4n) is 14.4. The molecular formula is C72H95Br3Cl2N38O. The lowest BCUT2D eigenvalue weighted by molar-refractivity contribution is 0.262. The van der Waals surface area contributed by atoms with Crippen molar-refractivity contribution in [2.45, 2.75) is 109 Å². The maximum absolute atomic E-state index is 12.2. The van der Waals surface area contributed by atoms with E-state index in [1.54, 1.807) is 71.8 Å². The number of amides is 2. The summed E-state index contributed by atoms with van der Waals surface area (Å²) in [6.07, 6.45) is 16.1.